The Bertz CT molecular complexity index is 378. The highest BCUT2D eigenvalue weighted by atomic mass is 79.9. The molecule has 0 bridgehead atoms. The topological polar surface area (TPSA) is 9.23 Å². The largest absolute Gasteiger partial charge is 0.375 e. The molecule has 1 aliphatic heterocycles. The van der Waals surface area contributed by atoms with E-state index in [2.05, 4.69) is 36.7 Å². The van der Waals surface area contributed by atoms with Crippen LogP contribution < -0.4 is 0 Å². The van der Waals surface area contributed by atoms with Crippen LogP contribution in [0.15, 0.2) is 24.3 Å². The van der Waals surface area contributed by atoms with Crippen LogP contribution in [0.4, 0.5) is 4.39 Å². The minimum atomic E-state index is -0.189. The standard InChI is InChI=1S/C14H18BrFO/c1-8-9(2)17-10(3)13(8)14(15)11-4-6-12(16)7-5-11/h4-10,13-14H,1-3H3. The summed E-state index contributed by atoms with van der Waals surface area (Å²) in [7, 11) is 0. The quantitative estimate of drug-likeness (QED) is 0.739. The summed E-state index contributed by atoms with van der Waals surface area (Å²) in [6, 6.07) is 6.71. The van der Waals surface area contributed by atoms with Gasteiger partial charge in [0.1, 0.15) is 5.82 Å². The third-order valence-electron chi connectivity index (χ3n) is 3.85. The van der Waals surface area contributed by atoms with E-state index in [1.807, 2.05) is 12.1 Å². The Morgan fingerprint density at radius 1 is 1.12 bits per heavy atom. The fraction of sp³-hybridized carbons (Fsp3) is 0.571. The van der Waals surface area contributed by atoms with Gasteiger partial charge in [0.15, 0.2) is 0 Å². The first-order valence-corrected chi connectivity index (χ1v) is 6.97. The van der Waals surface area contributed by atoms with E-state index in [0.29, 0.717) is 11.8 Å². The minimum absolute atomic E-state index is 0.189. The van der Waals surface area contributed by atoms with Gasteiger partial charge in [-0.3, -0.25) is 0 Å². The number of alkyl halides is 1. The molecule has 0 aromatic heterocycles. The maximum Gasteiger partial charge on any atom is 0.123 e. The van der Waals surface area contributed by atoms with Gasteiger partial charge in [-0.1, -0.05) is 35.0 Å². The Morgan fingerprint density at radius 3 is 2.18 bits per heavy atom. The number of ether oxygens (including phenoxy) is 1. The van der Waals surface area contributed by atoms with Crippen LogP contribution in [0.25, 0.3) is 0 Å². The highest BCUT2D eigenvalue weighted by Crippen LogP contribution is 2.44. The third-order valence-corrected chi connectivity index (χ3v) is 4.98. The molecule has 2 rings (SSSR count). The molecule has 3 heteroatoms. The predicted octanol–water partition coefficient (Wildman–Crippen LogP) is 4.32. The van der Waals surface area contributed by atoms with Gasteiger partial charge in [0.05, 0.1) is 12.2 Å². The lowest BCUT2D eigenvalue weighted by molar-refractivity contribution is 0.0511. The van der Waals surface area contributed by atoms with Crippen molar-refractivity contribution >= 4 is 15.9 Å². The molecule has 1 aliphatic rings. The Hall–Kier alpha value is -0.410. The zero-order valence-corrected chi connectivity index (χ0v) is 11.9. The second-order valence-electron chi connectivity index (χ2n) is 4.94. The van der Waals surface area contributed by atoms with E-state index < -0.39 is 0 Å². The van der Waals surface area contributed by atoms with E-state index in [1.165, 1.54) is 12.1 Å². The van der Waals surface area contributed by atoms with Gasteiger partial charge in [-0.2, -0.15) is 0 Å². The average molecular weight is 301 g/mol. The summed E-state index contributed by atoms with van der Waals surface area (Å²) >= 11 is 3.74. The summed E-state index contributed by atoms with van der Waals surface area (Å²) < 4.78 is 18.8. The first-order chi connectivity index (χ1) is 8.00. The van der Waals surface area contributed by atoms with Gasteiger partial charge in [0.25, 0.3) is 0 Å². The summed E-state index contributed by atoms with van der Waals surface area (Å²) in [6.45, 7) is 6.45. The zero-order valence-electron chi connectivity index (χ0n) is 10.4. The number of hydrogen-bond acceptors (Lipinski definition) is 1. The lowest BCUT2D eigenvalue weighted by atomic mass is 9.84. The molecule has 0 N–H and O–H groups in total. The van der Waals surface area contributed by atoms with Crippen LogP contribution >= 0.6 is 15.9 Å². The molecule has 0 saturated carbocycles. The Kier molecular flexibility index (Phi) is 3.88. The van der Waals surface area contributed by atoms with Crippen molar-refractivity contribution in [3.8, 4) is 0 Å². The number of rotatable bonds is 2. The van der Waals surface area contributed by atoms with Crippen molar-refractivity contribution in [1.29, 1.82) is 0 Å². The van der Waals surface area contributed by atoms with Crippen molar-refractivity contribution in [3.63, 3.8) is 0 Å². The van der Waals surface area contributed by atoms with Crippen molar-refractivity contribution < 1.29 is 9.13 Å². The van der Waals surface area contributed by atoms with Gasteiger partial charge in [0.2, 0.25) is 0 Å². The van der Waals surface area contributed by atoms with Crippen LogP contribution in [-0.2, 0) is 4.74 Å². The Labute approximate surface area is 110 Å². The van der Waals surface area contributed by atoms with E-state index in [9.17, 15) is 4.39 Å². The molecule has 1 fully saturated rings. The van der Waals surface area contributed by atoms with Gasteiger partial charge in [-0.15, -0.1) is 0 Å². The number of benzene rings is 1. The molecule has 1 nitrogen and oxygen atoms in total. The molecule has 1 heterocycles. The van der Waals surface area contributed by atoms with Crippen molar-refractivity contribution in [3.05, 3.63) is 35.6 Å². The molecular weight excluding hydrogens is 283 g/mol. The fourth-order valence-corrected chi connectivity index (χ4v) is 3.88. The van der Waals surface area contributed by atoms with E-state index in [4.69, 9.17) is 4.74 Å². The molecule has 0 radical (unpaired) electrons. The average Bonchev–Trinajstić information content (AvgIpc) is 2.53. The predicted molar refractivity (Wildman–Crippen MR) is 70.7 cm³/mol. The Morgan fingerprint density at radius 2 is 1.71 bits per heavy atom. The van der Waals surface area contributed by atoms with Gasteiger partial charge in [-0.25, -0.2) is 4.39 Å². The van der Waals surface area contributed by atoms with Crippen LogP contribution in [0.1, 0.15) is 31.2 Å². The van der Waals surface area contributed by atoms with E-state index in [0.717, 1.165) is 5.56 Å². The molecule has 5 unspecified atom stereocenters. The summed E-state index contributed by atoms with van der Waals surface area (Å²) in [5.41, 5.74) is 1.12. The fourth-order valence-electron chi connectivity index (χ4n) is 2.67. The molecule has 94 valence electrons. The molecule has 0 amide bonds. The summed E-state index contributed by atoms with van der Waals surface area (Å²) in [6.07, 6.45) is 0.518. The van der Waals surface area contributed by atoms with E-state index >= 15 is 0 Å². The lowest BCUT2D eigenvalue weighted by Crippen LogP contribution is -2.21. The zero-order chi connectivity index (χ0) is 12.6. The Balaban J connectivity index is 2.19. The maximum atomic E-state index is 12.9. The monoisotopic (exact) mass is 300 g/mol. The van der Waals surface area contributed by atoms with Crippen LogP contribution in [0.3, 0.4) is 0 Å². The smallest absolute Gasteiger partial charge is 0.123 e. The molecular formula is C14H18BrFO. The van der Waals surface area contributed by atoms with Gasteiger partial charge >= 0.3 is 0 Å². The lowest BCUT2D eigenvalue weighted by Gasteiger charge is -2.24. The van der Waals surface area contributed by atoms with Crippen LogP contribution in [0.5, 0.6) is 0 Å². The molecule has 1 aromatic carbocycles. The first-order valence-electron chi connectivity index (χ1n) is 6.05. The second-order valence-corrected chi connectivity index (χ2v) is 5.92. The highest BCUT2D eigenvalue weighted by Gasteiger charge is 2.41. The molecule has 0 aliphatic carbocycles. The van der Waals surface area contributed by atoms with Crippen molar-refractivity contribution in [2.24, 2.45) is 11.8 Å². The number of halogens is 2. The maximum absolute atomic E-state index is 12.9. The number of hydrogen-bond donors (Lipinski definition) is 0. The molecule has 17 heavy (non-hydrogen) atoms. The molecule has 1 saturated heterocycles. The third kappa shape index (κ3) is 2.55. The van der Waals surface area contributed by atoms with Crippen LogP contribution in [0, 0.1) is 17.7 Å². The van der Waals surface area contributed by atoms with Crippen molar-refractivity contribution in [2.45, 2.75) is 37.8 Å². The normalized spacial score (nSPS) is 34.9. The minimum Gasteiger partial charge on any atom is -0.375 e. The van der Waals surface area contributed by atoms with Crippen LogP contribution in [-0.4, -0.2) is 12.2 Å². The molecule has 5 atom stereocenters. The SMILES string of the molecule is CC1OC(C)C(C(Br)c2ccc(F)cc2)C1C. The van der Waals surface area contributed by atoms with E-state index in [-0.39, 0.29) is 22.9 Å². The summed E-state index contributed by atoms with van der Waals surface area (Å²) in [4.78, 5) is 0.220. The summed E-state index contributed by atoms with van der Waals surface area (Å²) in [5.74, 6) is 0.737. The van der Waals surface area contributed by atoms with Gasteiger partial charge in [0, 0.05) is 10.7 Å². The summed E-state index contributed by atoms with van der Waals surface area (Å²) in [5, 5.41) is 0. The molecule has 0 spiro atoms. The molecule has 1 aromatic rings. The van der Waals surface area contributed by atoms with Gasteiger partial charge < -0.3 is 4.74 Å². The second kappa shape index (κ2) is 5.07. The van der Waals surface area contributed by atoms with Crippen molar-refractivity contribution in [1.82, 2.24) is 0 Å². The van der Waals surface area contributed by atoms with Gasteiger partial charge in [-0.05, 0) is 37.5 Å². The van der Waals surface area contributed by atoms with E-state index in [1.54, 1.807) is 0 Å². The highest BCUT2D eigenvalue weighted by molar-refractivity contribution is 9.09. The first kappa shape index (κ1) is 13.0. The van der Waals surface area contributed by atoms with Crippen molar-refractivity contribution in [2.75, 3.05) is 0 Å². The van der Waals surface area contributed by atoms with Crippen LogP contribution in [0.2, 0.25) is 0 Å².